The molecule has 4 heterocycles. The Kier molecular flexibility index (Phi) is 4.33. The van der Waals surface area contributed by atoms with E-state index in [1.165, 1.54) is 0 Å². The van der Waals surface area contributed by atoms with Gasteiger partial charge in [0.15, 0.2) is 5.65 Å². The van der Waals surface area contributed by atoms with Gasteiger partial charge in [0.05, 0.1) is 16.3 Å². The molecule has 1 saturated heterocycles. The van der Waals surface area contributed by atoms with Gasteiger partial charge in [-0.1, -0.05) is 11.6 Å². The number of benzene rings is 1. The zero-order valence-electron chi connectivity index (χ0n) is 16.4. The highest BCUT2D eigenvalue weighted by atomic mass is 35.5. The van der Waals surface area contributed by atoms with Gasteiger partial charge in [-0.2, -0.15) is 0 Å². The lowest BCUT2D eigenvalue weighted by molar-refractivity contribution is 0.313. The molecule has 0 aliphatic carbocycles. The molecule has 1 aliphatic heterocycles. The van der Waals surface area contributed by atoms with E-state index in [2.05, 4.69) is 27.9 Å². The number of likely N-dealkylation sites (N-methyl/N-ethyl adjacent to an activating group) is 1. The molecule has 0 spiro atoms. The van der Waals surface area contributed by atoms with Crippen LogP contribution >= 0.6 is 11.6 Å². The van der Waals surface area contributed by atoms with Gasteiger partial charge in [0, 0.05) is 55.7 Å². The highest BCUT2D eigenvalue weighted by molar-refractivity contribution is 6.33. The Morgan fingerprint density at radius 3 is 2.66 bits per heavy atom. The van der Waals surface area contributed by atoms with E-state index < -0.39 is 5.63 Å². The Morgan fingerprint density at radius 1 is 1.07 bits per heavy atom. The van der Waals surface area contributed by atoms with Gasteiger partial charge in [0.1, 0.15) is 5.58 Å². The van der Waals surface area contributed by atoms with Crippen LogP contribution in [0.2, 0.25) is 5.02 Å². The normalized spacial score (nSPS) is 15.5. The predicted molar refractivity (Wildman–Crippen MR) is 116 cm³/mol. The maximum atomic E-state index is 12.7. The Balaban J connectivity index is 1.56. The second-order valence-electron chi connectivity index (χ2n) is 7.68. The van der Waals surface area contributed by atoms with Crippen LogP contribution in [0, 0.1) is 6.92 Å². The number of pyridine rings is 1. The molecule has 1 aromatic carbocycles. The highest BCUT2D eigenvalue weighted by Crippen LogP contribution is 2.27. The fourth-order valence-corrected chi connectivity index (χ4v) is 4.17. The summed E-state index contributed by atoms with van der Waals surface area (Å²) in [6.07, 6.45) is 3.74. The molecule has 0 unspecified atom stereocenters. The van der Waals surface area contributed by atoms with E-state index in [0.717, 1.165) is 42.8 Å². The lowest BCUT2D eigenvalue weighted by atomic mass is 10.1. The minimum absolute atomic E-state index is 0.399. The van der Waals surface area contributed by atoms with E-state index >= 15 is 0 Å². The molecule has 1 aliphatic rings. The maximum absolute atomic E-state index is 12.7. The number of imidazole rings is 1. The number of hydrogen-bond donors (Lipinski definition) is 0. The van der Waals surface area contributed by atoms with E-state index in [1.807, 2.05) is 48.0 Å². The number of piperazine rings is 1. The van der Waals surface area contributed by atoms with Crippen molar-refractivity contribution in [3.63, 3.8) is 0 Å². The third-order valence-electron chi connectivity index (χ3n) is 5.51. The second-order valence-corrected chi connectivity index (χ2v) is 8.09. The fraction of sp³-hybridized carbons (Fsp3) is 0.273. The average molecular weight is 409 g/mol. The summed E-state index contributed by atoms with van der Waals surface area (Å²) in [5, 5.41) is 1.43. The molecule has 4 aromatic rings. The first-order valence-corrected chi connectivity index (χ1v) is 10.0. The molecule has 3 aromatic heterocycles. The third-order valence-corrected chi connectivity index (χ3v) is 5.79. The van der Waals surface area contributed by atoms with Crippen molar-refractivity contribution in [1.29, 1.82) is 0 Å². The van der Waals surface area contributed by atoms with Crippen molar-refractivity contribution in [2.45, 2.75) is 6.92 Å². The van der Waals surface area contributed by atoms with Crippen LogP contribution in [0.15, 0.2) is 51.9 Å². The van der Waals surface area contributed by atoms with E-state index in [0.29, 0.717) is 27.5 Å². The monoisotopic (exact) mass is 408 g/mol. The second kappa shape index (κ2) is 6.90. The largest absolute Gasteiger partial charge is 0.422 e. The number of aryl methyl sites for hydroxylation is 1. The van der Waals surface area contributed by atoms with Crippen LogP contribution in [0.1, 0.15) is 5.56 Å². The molecule has 148 valence electrons. The molecule has 29 heavy (non-hydrogen) atoms. The van der Waals surface area contributed by atoms with Gasteiger partial charge in [-0.05, 0) is 43.8 Å². The molecule has 6 nitrogen and oxygen atoms in total. The van der Waals surface area contributed by atoms with Gasteiger partial charge in [-0.3, -0.25) is 0 Å². The molecule has 0 N–H and O–H groups in total. The summed E-state index contributed by atoms with van der Waals surface area (Å²) in [7, 11) is 2.13. The van der Waals surface area contributed by atoms with Crippen molar-refractivity contribution in [3.8, 4) is 11.3 Å². The highest BCUT2D eigenvalue weighted by Gasteiger charge is 2.17. The number of hydrogen-bond acceptors (Lipinski definition) is 5. The van der Waals surface area contributed by atoms with Crippen LogP contribution < -0.4 is 10.5 Å². The minimum atomic E-state index is -0.399. The maximum Gasteiger partial charge on any atom is 0.345 e. The number of rotatable bonds is 2. The Morgan fingerprint density at radius 2 is 1.86 bits per heavy atom. The quantitative estimate of drug-likeness (QED) is 0.472. The van der Waals surface area contributed by atoms with Crippen molar-refractivity contribution in [2.24, 2.45) is 0 Å². The van der Waals surface area contributed by atoms with Gasteiger partial charge >= 0.3 is 5.63 Å². The van der Waals surface area contributed by atoms with Crippen LogP contribution in [0.25, 0.3) is 27.9 Å². The zero-order valence-corrected chi connectivity index (χ0v) is 17.1. The smallest absolute Gasteiger partial charge is 0.345 e. The van der Waals surface area contributed by atoms with Gasteiger partial charge in [0.25, 0.3) is 0 Å². The third kappa shape index (κ3) is 3.28. The average Bonchev–Trinajstić information content (AvgIpc) is 3.11. The van der Waals surface area contributed by atoms with Gasteiger partial charge < -0.3 is 18.6 Å². The Labute approximate surface area is 172 Å². The van der Waals surface area contributed by atoms with Crippen molar-refractivity contribution >= 4 is 33.9 Å². The molecule has 5 rings (SSSR count). The number of aromatic nitrogens is 2. The molecule has 1 fully saturated rings. The zero-order chi connectivity index (χ0) is 20.1. The standard InChI is InChI=1S/C22H21ClN4O2/c1-14-9-18(23)21-24-19(13-27(21)12-14)17-10-15-3-4-16(11-20(15)29-22(17)28)26-7-5-25(2)6-8-26/h3-4,9-13H,5-8H2,1-2H3. The molecule has 0 saturated carbocycles. The Bertz CT molecular complexity index is 1290. The first kappa shape index (κ1) is 18.2. The summed E-state index contributed by atoms with van der Waals surface area (Å²) in [5.41, 5.74) is 3.90. The van der Waals surface area contributed by atoms with Crippen LogP contribution in [0.5, 0.6) is 0 Å². The lowest BCUT2D eigenvalue weighted by Crippen LogP contribution is -2.44. The van der Waals surface area contributed by atoms with E-state index in [-0.39, 0.29) is 0 Å². The van der Waals surface area contributed by atoms with Gasteiger partial charge in [0.2, 0.25) is 0 Å². The molecule has 0 bridgehead atoms. The van der Waals surface area contributed by atoms with Crippen LogP contribution in [-0.4, -0.2) is 47.5 Å². The summed E-state index contributed by atoms with van der Waals surface area (Å²) < 4.78 is 7.52. The van der Waals surface area contributed by atoms with E-state index in [4.69, 9.17) is 16.0 Å². The fourth-order valence-electron chi connectivity index (χ4n) is 3.86. The van der Waals surface area contributed by atoms with Gasteiger partial charge in [-0.15, -0.1) is 0 Å². The van der Waals surface area contributed by atoms with Crippen molar-refractivity contribution in [1.82, 2.24) is 14.3 Å². The summed E-state index contributed by atoms with van der Waals surface area (Å²) >= 11 is 6.31. The van der Waals surface area contributed by atoms with Crippen molar-refractivity contribution in [3.05, 3.63) is 63.7 Å². The molecule has 0 atom stereocenters. The number of fused-ring (bicyclic) bond motifs is 2. The Hall–Kier alpha value is -2.83. The molecule has 0 amide bonds. The predicted octanol–water partition coefficient (Wildman–Crippen LogP) is 3.82. The number of anilines is 1. The van der Waals surface area contributed by atoms with Crippen LogP contribution in [0.3, 0.4) is 0 Å². The summed E-state index contributed by atoms with van der Waals surface area (Å²) in [4.78, 5) is 21.9. The first-order valence-electron chi connectivity index (χ1n) is 9.64. The summed E-state index contributed by atoms with van der Waals surface area (Å²) in [5.74, 6) is 0. The summed E-state index contributed by atoms with van der Waals surface area (Å²) in [6.45, 7) is 5.94. The molecule has 7 heteroatoms. The van der Waals surface area contributed by atoms with Crippen LogP contribution in [0.4, 0.5) is 5.69 Å². The topological polar surface area (TPSA) is 54.0 Å². The molecule has 0 radical (unpaired) electrons. The molecular weight excluding hydrogens is 388 g/mol. The first-order chi connectivity index (χ1) is 14.0. The molecular formula is C22H21ClN4O2. The van der Waals surface area contributed by atoms with Gasteiger partial charge in [-0.25, -0.2) is 9.78 Å². The minimum Gasteiger partial charge on any atom is -0.422 e. The van der Waals surface area contributed by atoms with E-state index in [1.54, 1.807) is 0 Å². The number of nitrogens with zero attached hydrogens (tertiary/aromatic N) is 4. The SMILES string of the molecule is Cc1cc(Cl)c2nc(-c3cc4ccc(N5CCN(C)CC5)cc4oc3=O)cn2c1. The summed E-state index contributed by atoms with van der Waals surface area (Å²) in [6, 6.07) is 9.74. The number of halogens is 1. The van der Waals surface area contributed by atoms with E-state index in [9.17, 15) is 4.79 Å². The lowest BCUT2D eigenvalue weighted by Gasteiger charge is -2.34. The van der Waals surface area contributed by atoms with Crippen LogP contribution in [-0.2, 0) is 0 Å². The van der Waals surface area contributed by atoms with Crippen molar-refractivity contribution < 1.29 is 4.42 Å². The van der Waals surface area contributed by atoms with Crippen molar-refractivity contribution in [2.75, 3.05) is 38.1 Å².